The topological polar surface area (TPSA) is 102 Å². The van der Waals surface area contributed by atoms with Crippen LogP contribution in [-0.4, -0.2) is 59.8 Å². The predicted octanol–water partition coefficient (Wildman–Crippen LogP) is -0.381. The number of rotatable bonds is 14. The van der Waals surface area contributed by atoms with Crippen molar-refractivity contribution >= 4 is 11.9 Å². The summed E-state index contributed by atoms with van der Waals surface area (Å²) in [5.41, 5.74) is 0. The summed E-state index contributed by atoms with van der Waals surface area (Å²) in [5.74, 6) is -0.883. The summed E-state index contributed by atoms with van der Waals surface area (Å²) in [6.45, 7) is 3.21. The molecule has 7 nitrogen and oxygen atoms in total. The normalized spacial score (nSPS) is 22.4. The minimum absolute atomic E-state index is 0. The third-order valence-corrected chi connectivity index (χ3v) is 4.77. The monoisotopic (exact) mass is 412 g/mol. The maximum Gasteiger partial charge on any atom is 1.00 e. The van der Waals surface area contributed by atoms with Gasteiger partial charge in [0.2, 0.25) is 0 Å². The van der Waals surface area contributed by atoms with Gasteiger partial charge in [-0.15, -0.1) is 0 Å². The fourth-order valence-corrected chi connectivity index (χ4v) is 3.20. The first-order chi connectivity index (χ1) is 13.0. The van der Waals surface area contributed by atoms with E-state index in [-0.39, 0.29) is 50.2 Å². The molecule has 0 saturated carbocycles. The molecule has 0 spiro atoms. The first-order valence-electron chi connectivity index (χ1n) is 10.3. The molecule has 1 rings (SSSR count). The van der Waals surface area contributed by atoms with Gasteiger partial charge >= 0.3 is 41.5 Å². The number of ether oxygens (including phenoxy) is 3. The molecule has 0 amide bonds. The molecule has 4 atom stereocenters. The number of esters is 2. The van der Waals surface area contributed by atoms with E-state index in [0.717, 1.165) is 19.3 Å². The average molecular weight is 412 g/mol. The molecule has 1 fully saturated rings. The number of carbonyl (C=O) groups is 2. The van der Waals surface area contributed by atoms with Crippen LogP contribution in [-0.2, 0) is 23.8 Å². The molecule has 0 aromatic heterocycles. The van der Waals surface area contributed by atoms with Crippen molar-refractivity contribution in [1.29, 1.82) is 0 Å². The van der Waals surface area contributed by atoms with Crippen molar-refractivity contribution in [3.05, 3.63) is 0 Å². The van der Waals surface area contributed by atoms with E-state index in [9.17, 15) is 19.8 Å². The Kier molecular flexibility index (Phi) is 16.5. The van der Waals surface area contributed by atoms with Crippen LogP contribution in [0.1, 0.15) is 79.5 Å². The summed E-state index contributed by atoms with van der Waals surface area (Å²) >= 11 is 0. The summed E-state index contributed by atoms with van der Waals surface area (Å²) in [4.78, 5) is 22.7. The van der Waals surface area contributed by atoms with Crippen molar-refractivity contribution in [1.82, 2.24) is 0 Å². The standard InChI is InChI=1S/C20H36O7.Na.H/c1-3-4-5-6-7-8-9-10-11-12-18(23)25-13-16(22)20-19(24)17(14-26-20)27-15(2)21;;/h16-17,19-20,22,24H,3-14H2,1-2H3;;/q;+1;-1/t16-,17+,19-,20-;;/m1../s1. The summed E-state index contributed by atoms with van der Waals surface area (Å²) in [5, 5.41) is 20.1. The summed E-state index contributed by atoms with van der Waals surface area (Å²) in [6.07, 6.45) is 6.83. The third-order valence-electron chi connectivity index (χ3n) is 4.77. The maximum atomic E-state index is 11.8. The van der Waals surface area contributed by atoms with E-state index < -0.39 is 30.4 Å². The number of carbonyl (C=O) groups excluding carboxylic acids is 2. The first kappa shape index (κ1) is 27.8. The summed E-state index contributed by atoms with van der Waals surface area (Å²) in [7, 11) is 0. The van der Waals surface area contributed by atoms with Crippen LogP contribution < -0.4 is 29.6 Å². The second-order valence-corrected chi connectivity index (χ2v) is 7.27. The van der Waals surface area contributed by atoms with E-state index in [1.54, 1.807) is 0 Å². The number of hydrogen-bond acceptors (Lipinski definition) is 7. The molecule has 0 aromatic rings. The molecule has 28 heavy (non-hydrogen) atoms. The Labute approximate surface area is 192 Å². The molecule has 0 unspecified atom stereocenters. The van der Waals surface area contributed by atoms with E-state index in [0.29, 0.717) is 6.42 Å². The van der Waals surface area contributed by atoms with E-state index in [1.807, 2.05) is 0 Å². The molecule has 160 valence electrons. The fourth-order valence-electron chi connectivity index (χ4n) is 3.20. The van der Waals surface area contributed by atoms with Crippen LogP contribution in [0.4, 0.5) is 0 Å². The van der Waals surface area contributed by atoms with Crippen LogP contribution in [0, 0.1) is 0 Å². The quantitative estimate of drug-likeness (QED) is 0.228. The molecule has 0 aromatic carbocycles. The van der Waals surface area contributed by atoms with Gasteiger partial charge in [0, 0.05) is 13.3 Å². The van der Waals surface area contributed by atoms with Gasteiger partial charge in [-0.3, -0.25) is 9.59 Å². The predicted molar refractivity (Wildman–Crippen MR) is 101 cm³/mol. The molecule has 1 saturated heterocycles. The second-order valence-electron chi connectivity index (χ2n) is 7.27. The van der Waals surface area contributed by atoms with Crippen molar-refractivity contribution in [2.45, 2.75) is 102 Å². The van der Waals surface area contributed by atoms with Crippen LogP contribution in [0.3, 0.4) is 0 Å². The molecule has 1 aliphatic heterocycles. The van der Waals surface area contributed by atoms with Gasteiger partial charge in [0.15, 0.2) is 6.10 Å². The van der Waals surface area contributed by atoms with Gasteiger partial charge in [-0.05, 0) is 6.42 Å². The molecule has 8 heteroatoms. The zero-order chi connectivity index (χ0) is 20.1. The first-order valence-corrected chi connectivity index (χ1v) is 10.3. The van der Waals surface area contributed by atoms with Crippen LogP contribution in [0.5, 0.6) is 0 Å². The van der Waals surface area contributed by atoms with Gasteiger partial charge in [0.25, 0.3) is 0 Å². The van der Waals surface area contributed by atoms with Crippen molar-refractivity contribution in [3.8, 4) is 0 Å². The molecule has 1 aliphatic rings. The van der Waals surface area contributed by atoms with Crippen molar-refractivity contribution in [2.24, 2.45) is 0 Å². The molecule has 1 heterocycles. The van der Waals surface area contributed by atoms with Gasteiger partial charge in [0.1, 0.15) is 24.9 Å². The second kappa shape index (κ2) is 16.6. The van der Waals surface area contributed by atoms with Crippen LogP contribution in [0.15, 0.2) is 0 Å². The fraction of sp³-hybridized carbons (Fsp3) is 0.900. The Bertz CT molecular complexity index is 439. The van der Waals surface area contributed by atoms with E-state index >= 15 is 0 Å². The molecule has 0 radical (unpaired) electrons. The van der Waals surface area contributed by atoms with Gasteiger partial charge < -0.3 is 25.9 Å². The number of aliphatic hydroxyl groups is 2. The SMILES string of the molecule is CCCCCCCCCCCC(=O)OC[C@@H](O)[C@H]1OC[C@H](OC(C)=O)[C@H]1O.[H-].[Na+]. The minimum atomic E-state index is -1.16. The van der Waals surface area contributed by atoms with E-state index in [4.69, 9.17) is 14.2 Å². The molecular weight excluding hydrogens is 375 g/mol. The number of unbranched alkanes of at least 4 members (excludes halogenated alkanes) is 8. The van der Waals surface area contributed by atoms with Gasteiger partial charge in [-0.25, -0.2) is 0 Å². The minimum Gasteiger partial charge on any atom is -1.00 e. The molecule has 0 bridgehead atoms. The zero-order valence-corrected chi connectivity index (χ0v) is 19.7. The van der Waals surface area contributed by atoms with Gasteiger partial charge in [-0.2, -0.15) is 0 Å². The van der Waals surface area contributed by atoms with Crippen molar-refractivity contribution in [2.75, 3.05) is 13.2 Å². The molecule has 2 N–H and O–H groups in total. The van der Waals surface area contributed by atoms with E-state index in [1.165, 1.54) is 45.4 Å². The van der Waals surface area contributed by atoms with Gasteiger partial charge in [-0.1, -0.05) is 58.3 Å². The van der Waals surface area contributed by atoms with Gasteiger partial charge in [0.05, 0.1) is 6.61 Å². The van der Waals surface area contributed by atoms with Crippen LogP contribution in [0.2, 0.25) is 0 Å². The Morgan fingerprint density at radius 1 is 1.11 bits per heavy atom. The maximum absolute atomic E-state index is 11.8. The smallest absolute Gasteiger partial charge is 1.00 e. The number of aliphatic hydroxyl groups excluding tert-OH is 2. The Balaban J connectivity index is 0. The van der Waals surface area contributed by atoms with Crippen LogP contribution >= 0.6 is 0 Å². The Morgan fingerprint density at radius 2 is 1.68 bits per heavy atom. The third kappa shape index (κ3) is 11.7. The molecule has 0 aliphatic carbocycles. The summed E-state index contributed by atoms with van der Waals surface area (Å²) < 4.78 is 15.2. The van der Waals surface area contributed by atoms with Crippen LogP contribution in [0.25, 0.3) is 0 Å². The van der Waals surface area contributed by atoms with E-state index in [2.05, 4.69) is 6.92 Å². The average Bonchev–Trinajstić information content (AvgIpc) is 2.98. The van der Waals surface area contributed by atoms with Crippen molar-refractivity contribution in [3.63, 3.8) is 0 Å². The Hall–Kier alpha value is -0.180. The number of hydrogen-bond donors (Lipinski definition) is 2. The Morgan fingerprint density at radius 3 is 2.25 bits per heavy atom. The summed E-state index contributed by atoms with van der Waals surface area (Å²) in [6, 6.07) is 0. The molecular formula is C20H37NaO7. The zero-order valence-electron chi connectivity index (χ0n) is 18.7. The largest absolute Gasteiger partial charge is 1.00 e. The van der Waals surface area contributed by atoms with Crippen molar-refractivity contribution < 1.29 is 65.0 Å².